The molecule has 1 unspecified atom stereocenters. The summed E-state index contributed by atoms with van der Waals surface area (Å²) in [5.41, 5.74) is 0.773. The molecule has 1 aromatic carbocycles. The third kappa shape index (κ3) is 4.49. The van der Waals surface area contributed by atoms with Crippen LogP contribution in [-0.2, 0) is 4.79 Å². The number of ether oxygens (including phenoxy) is 1. The molecule has 30 heavy (non-hydrogen) atoms. The molecule has 10 heteroatoms. The first kappa shape index (κ1) is 20.4. The van der Waals surface area contributed by atoms with E-state index in [2.05, 4.69) is 20.8 Å². The normalized spacial score (nSPS) is 14.2. The lowest BCUT2D eigenvalue weighted by Crippen LogP contribution is -2.43. The highest BCUT2D eigenvalue weighted by Crippen LogP contribution is 2.35. The molecule has 2 heterocycles. The van der Waals surface area contributed by atoms with E-state index in [9.17, 15) is 9.59 Å². The highest BCUT2D eigenvalue weighted by atomic mass is 32.2. The number of carbonyl (C=O) groups is 2. The fraction of sp³-hybridized carbons (Fsp3) is 0.300. The molecule has 0 saturated heterocycles. The van der Waals surface area contributed by atoms with Gasteiger partial charge in [0.1, 0.15) is 5.75 Å². The molecule has 0 bridgehead atoms. The van der Waals surface area contributed by atoms with Crippen LogP contribution in [0.4, 0.5) is 4.79 Å². The van der Waals surface area contributed by atoms with Gasteiger partial charge in [-0.1, -0.05) is 30.0 Å². The molecule has 0 spiro atoms. The predicted molar refractivity (Wildman–Crippen MR) is 116 cm³/mol. The van der Waals surface area contributed by atoms with Crippen molar-refractivity contribution < 1.29 is 14.3 Å². The fourth-order valence-corrected chi connectivity index (χ4v) is 4.38. The summed E-state index contributed by atoms with van der Waals surface area (Å²) in [5.74, 6) is 0.944. The van der Waals surface area contributed by atoms with E-state index < -0.39 is 11.3 Å². The Kier molecular flexibility index (Phi) is 6.05. The van der Waals surface area contributed by atoms with Crippen molar-refractivity contribution in [3.63, 3.8) is 0 Å². The average Bonchev–Trinajstić information content (AvgIpc) is 3.22. The molecular weight excluding hydrogens is 422 g/mol. The number of para-hydroxylation sites is 2. The number of benzene rings is 1. The maximum atomic E-state index is 12.5. The summed E-state index contributed by atoms with van der Waals surface area (Å²) in [6.45, 7) is 1.73. The first-order chi connectivity index (χ1) is 14.6. The van der Waals surface area contributed by atoms with E-state index in [1.165, 1.54) is 11.8 Å². The molecule has 2 N–H and O–H groups in total. The zero-order valence-corrected chi connectivity index (χ0v) is 18.1. The van der Waals surface area contributed by atoms with Gasteiger partial charge in [0.05, 0.1) is 22.9 Å². The molecule has 0 aliphatic heterocycles. The molecule has 1 aliphatic rings. The van der Waals surface area contributed by atoms with Crippen LogP contribution in [0.5, 0.6) is 5.75 Å². The minimum atomic E-state index is -0.552. The van der Waals surface area contributed by atoms with Crippen LogP contribution < -0.4 is 15.4 Å². The Morgan fingerprint density at radius 3 is 2.73 bits per heavy atom. The lowest BCUT2D eigenvalue weighted by molar-refractivity contribution is -0.119. The highest BCUT2D eigenvalue weighted by molar-refractivity contribution is 8.00. The molecule has 0 radical (unpaired) electrons. The third-order valence-corrected chi connectivity index (χ3v) is 6.41. The van der Waals surface area contributed by atoms with Crippen molar-refractivity contribution in [1.29, 1.82) is 0 Å². The minimum Gasteiger partial charge on any atom is -0.495 e. The second-order valence-electron chi connectivity index (χ2n) is 6.79. The molecule has 1 atom stereocenters. The van der Waals surface area contributed by atoms with Crippen molar-refractivity contribution in [3.8, 4) is 22.1 Å². The largest absolute Gasteiger partial charge is 0.495 e. The Morgan fingerprint density at radius 1 is 1.23 bits per heavy atom. The van der Waals surface area contributed by atoms with Gasteiger partial charge in [-0.25, -0.2) is 4.79 Å². The molecule has 3 amide bonds. The number of hydrogen-bond acceptors (Lipinski definition) is 7. The summed E-state index contributed by atoms with van der Waals surface area (Å²) in [5, 5.41) is 15.8. The van der Waals surface area contributed by atoms with Crippen LogP contribution in [0.2, 0.25) is 0 Å². The minimum absolute atomic E-state index is 0.183. The molecule has 1 aliphatic carbocycles. The van der Waals surface area contributed by atoms with Gasteiger partial charge in [0.25, 0.3) is 0 Å². The lowest BCUT2D eigenvalue weighted by atomic mass is 10.3. The summed E-state index contributed by atoms with van der Waals surface area (Å²) in [4.78, 5) is 25.3. The topological polar surface area (TPSA) is 98.1 Å². The molecule has 156 valence electrons. The summed E-state index contributed by atoms with van der Waals surface area (Å²) in [6, 6.07) is 11.2. The van der Waals surface area contributed by atoms with Crippen LogP contribution >= 0.6 is 23.1 Å². The van der Waals surface area contributed by atoms with Gasteiger partial charge in [-0.15, -0.1) is 21.5 Å². The molecule has 4 rings (SSSR count). The van der Waals surface area contributed by atoms with Gasteiger partial charge in [-0.05, 0) is 43.3 Å². The van der Waals surface area contributed by atoms with Crippen LogP contribution in [0, 0.1) is 0 Å². The zero-order chi connectivity index (χ0) is 21.1. The van der Waals surface area contributed by atoms with Crippen LogP contribution in [0.3, 0.4) is 0 Å². The van der Waals surface area contributed by atoms with Crippen molar-refractivity contribution in [2.24, 2.45) is 0 Å². The van der Waals surface area contributed by atoms with E-state index >= 15 is 0 Å². The summed E-state index contributed by atoms with van der Waals surface area (Å²) < 4.78 is 7.41. The fourth-order valence-electron chi connectivity index (χ4n) is 2.82. The second-order valence-corrected chi connectivity index (χ2v) is 9.04. The number of urea groups is 1. The maximum Gasteiger partial charge on any atom is 0.321 e. The van der Waals surface area contributed by atoms with Gasteiger partial charge in [0.15, 0.2) is 11.0 Å². The van der Waals surface area contributed by atoms with Crippen LogP contribution in [0.1, 0.15) is 19.8 Å². The third-order valence-electron chi connectivity index (χ3n) is 4.50. The van der Waals surface area contributed by atoms with Crippen LogP contribution in [-0.4, -0.2) is 45.1 Å². The highest BCUT2D eigenvalue weighted by Gasteiger charge is 2.27. The van der Waals surface area contributed by atoms with Gasteiger partial charge in [-0.2, -0.15) is 0 Å². The van der Waals surface area contributed by atoms with E-state index in [1.54, 1.807) is 25.4 Å². The van der Waals surface area contributed by atoms with Gasteiger partial charge in [0.2, 0.25) is 5.91 Å². The maximum absolute atomic E-state index is 12.5. The second kappa shape index (κ2) is 8.88. The van der Waals surface area contributed by atoms with E-state index in [0.717, 1.165) is 23.4 Å². The number of thiophene rings is 1. The summed E-state index contributed by atoms with van der Waals surface area (Å²) in [6.07, 6.45) is 1.92. The van der Waals surface area contributed by atoms with E-state index in [-0.39, 0.29) is 11.9 Å². The number of nitrogens with zero attached hydrogens (tertiary/aromatic N) is 3. The van der Waals surface area contributed by atoms with Crippen molar-refractivity contribution in [3.05, 3.63) is 41.8 Å². The Bertz CT molecular complexity index is 1050. The molecule has 3 aromatic rings. The molecule has 2 aromatic heterocycles. The van der Waals surface area contributed by atoms with Gasteiger partial charge >= 0.3 is 6.03 Å². The lowest BCUT2D eigenvalue weighted by Gasteiger charge is -2.15. The first-order valence-corrected chi connectivity index (χ1v) is 11.2. The van der Waals surface area contributed by atoms with Gasteiger partial charge in [0, 0.05) is 6.04 Å². The van der Waals surface area contributed by atoms with Crippen molar-refractivity contribution in [2.75, 3.05) is 7.11 Å². The SMILES string of the molecule is COc1ccccc1-n1c(SC(C)C(=O)NC(=O)NC2CC2)nnc1-c1cccs1. The number of imide groups is 1. The number of amides is 3. The van der Waals surface area contributed by atoms with E-state index in [1.807, 2.05) is 46.3 Å². The number of thioether (sulfide) groups is 1. The zero-order valence-electron chi connectivity index (χ0n) is 16.5. The van der Waals surface area contributed by atoms with Crippen LogP contribution in [0.15, 0.2) is 46.9 Å². The van der Waals surface area contributed by atoms with Gasteiger partial charge < -0.3 is 10.1 Å². The Labute approximate surface area is 182 Å². The molecule has 8 nitrogen and oxygen atoms in total. The molecular formula is C20H21N5O3S2. The quantitative estimate of drug-likeness (QED) is 0.543. The smallest absolute Gasteiger partial charge is 0.321 e. The number of carbonyl (C=O) groups excluding carboxylic acids is 2. The standard InChI is InChI=1S/C20H21N5O3S2/c1-12(18(26)22-19(27)21-13-9-10-13)30-20-24-23-17(16-8-5-11-29-16)25(20)14-6-3-4-7-15(14)28-2/h3-8,11-13H,9-10H2,1-2H3,(H2,21,22,26,27). The molecule has 1 saturated carbocycles. The first-order valence-electron chi connectivity index (χ1n) is 9.47. The average molecular weight is 444 g/mol. The summed E-state index contributed by atoms with van der Waals surface area (Å²) >= 11 is 2.78. The summed E-state index contributed by atoms with van der Waals surface area (Å²) in [7, 11) is 1.61. The number of rotatable bonds is 7. The number of methoxy groups -OCH3 is 1. The Morgan fingerprint density at radius 2 is 2.03 bits per heavy atom. The van der Waals surface area contributed by atoms with Crippen molar-refractivity contribution in [1.82, 2.24) is 25.4 Å². The van der Waals surface area contributed by atoms with Gasteiger partial charge in [-0.3, -0.25) is 14.7 Å². The van der Waals surface area contributed by atoms with Crippen LogP contribution in [0.25, 0.3) is 16.4 Å². The van der Waals surface area contributed by atoms with E-state index in [0.29, 0.717) is 16.7 Å². The number of hydrogen-bond donors (Lipinski definition) is 2. The number of nitrogens with one attached hydrogen (secondary N) is 2. The van der Waals surface area contributed by atoms with Crippen molar-refractivity contribution in [2.45, 2.75) is 36.2 Å². The Balaban J connectivity index is 1.61. The predicted octanol–water partition coefficient (Wildman–Crippen LogP) is 3.47. The Hall–Kier alpha value is -2.85. The number of aromatic nitrogens is 3. The van der Waals surface area contributed by atoms with Crippen molar-refractivity contribution >= 4 is 35.0 Å². The van der Waals surface area contributed by atoms with E-state index in [4.69, 9.17) is 4.74 Å². The monoisotopic (exact) mass is 443 g/mol. The molecule has 1 fully saturated rings.